The van der Waals surface area contributed by atoms with Gasteiger partial charge in [0.2, 0.25) is 5.69 Å². The molecule has 352 valence electrons. The third-order valence-electron chi connectivity index (χ3n) is 11.8. The Balaban J connectivity index is 1.16. The maximum Gasteiger partial charge on any atom is 0.333 e. The standard InChI is InChI=1S/C46H52N4O14S2/c1-45(2)36-29-34(65(56,57)58)18-20-38(36)47(24-10-6-9-13-44(53)64-49-42(51)22-23-43(49)52)40(45)11-7-5-8-12-41-46(3,4)37-30-35(66(59,60)61)19-21-39(37)48(41)25-26-62-27-28-63-31-32-14-16-33(17-15-32)50(54)55/h5,7-8,11-12,14-21,29-30H,6,9-10,13,22-28,31H2,1-4H3,(H-,56,57,58,59,60,61)/p+1. The summed E-state index contributed by atoms with van der Waals surface area (Å²) >= 11 is 0. The lowest BCUT2D eigenvalue weighted by atomic mass is 9.81. The predicted octanol–water partition coefficient (Wildman–Crippen LogP) is 6.66. The summed E-state index contributed by atoms with van der Waals surface area (Å²) in [4.78, 5) is 53.1. The smallest absolute Gasteiger partial charge is 0.333 e. The number of nitro groups is 1. The molecule has 2 N–H and O–H groups in total. The van der Waals surface area contributed by atoms with Gasteiger partial charge >= 0.3 is 5.97 Å². The summed E-state index contributed by atoms with van der Waals surface area (Å²) in [6, 6.07) is 15.0. The van der Waals surface area contributed by atoms with E-state index in [1.807, 2.05) is 62.7 Å². The van der Waals surface area contributed by atoms with Gasteiger partial charge in [0, 0.05) is 72.4 Å². The number of hydroxylamine groups is 2. The van der Waals surface area contributed by atoms with E-state index in [2.05, 4.69) is 4.90 Å². The van der Waals surface area contributed by atoms with Crippen molar-refractivity contribution in [1.82, 2.24) is 5.06 Å². The van der Waals surface area contributed by atoms with Crippen LogP contribution in [0.15, 0.2) is 107 Å². The zero-order valence-corrected chi connectivity index (χ0v) is 38.7. The molecule has 3 aliphatic heterocycles. The van der Waals surface area contributed by atoms with E-state index in [1.54, 1.807) is 24.3 Å². The number of imide groups is 1. The summed E-state index contributed by atoms with van der Waals surface area (Å²) < 4.78 is 81.9. The first-order chi connectivity index (χ1) is 31.1. The Labute approximate surface area is 383 Å². The maximum atomic E-state index is 12.4. The fourth-order valence-electron chi connectivity index (χ4n) is 8.27. The molecule has 0 saturated carbocycles. The van der Waals surface area contributed by atoms with Gasteiger partial charge in [0.25, 0.3) is 37.7 Å². The zero-order valence-electron chi connectivity index (χ0n) is 37.0. The molecule has 6 rings (SSSR count). The number of nitrogens with zero attached hydrogens (tertiary/aromatic N) is 4. The molecule has 0 atom stereocenters. The number of rotatable bonds is 21. The van der Waals surface area contributed by atoms with Gasteiger partial charge in [0.1, 0.15) is 6.61 Å². The summed E-state index contributed by atoms with van der Waals surface area (Å²) in [7, 11) is -8.97. The van der Waals surface area contributed by atoms with Crippen molar-refractivity contribution < 1.29 is 64.1 Å². The highest BCUT2D eigenvalue weighted by atomic mass is 32.2. The number of hydrogen-bond acceptors (Lipinski definition) is 13. The number of ether oxygens (including phenoxy) is 2. The molecule has 3 heterocycles. The molecule has 18 nitrogen and oxygen atoms in total. The summed E-state index contributed by atoms with van der Waals surface area (Å²) in [6.07, 6.45) is 11.0. The van der Waals surface area contributed by atoms with Gasteiger partial charge < -0.3 is 19.2 Å². The number of allylic oxidation sites excluding steroid dienone is 6. The Morgan fingerprint density at radius 3 is 2.09 bits per heavy atom. The first-order valence-electron chi connectivity index (χ1n) is 21.3. The highest BCUT2D eigenvalue weighted by Crippen LogP contribution is 2.48. The van der Waals surface area contributed by atoms with E-state index in [9.17, 15) is 50.4 Å². The van der Waals surface area contributed by atoms with Crippen LogP contribution in [0.4, 0.5) is 17.1 Å². The molecule has 0 bridgehead atoms. The monoisotopic (exact) mass is 949 g/mol. The molecule has 66 heavy (non-hydrogen) atoms. The van der Waals surface area contributed by atoms with Gasteiger partial charge in [-0.3, -0.25) is 28.8 Å². The van der Waals surface area contributed by atoms with Crippen molar-refractivity contribution in [3.8, 4) is 0 Å². The van der Waals surface area contributed by atoms with Crippen LogP contribution < -0.4 is 4.90 Å². The molecule has 20 heteroatoms. The Morgan fingerprint density at radius 1 is 0.803 bits per heavy atom. The topological polar surface area (TPSA) is 240 Å². The summed E-state index contributed by atoms with van der Waals surface area (Å²) in [5.41, 5.74) is 3.92. The molecule has 0 radical (unpaired) electrons. The number of carbonyl (C=O) groups excluding carboxylic acids is 3. The van der Waals surface area contributed by atoms with Gasteiger partial charge in [0.15, 0.2) is 12.3 Å². The van der Waals surface area contributed by atoms with Crippen LogP contribution in [0.1, 0.15) is 82.9 Å². The number of unbranched alkanes of at least 4 members (excludes halogenated alkanes) is 2. The number of amides is 2. The number of anilines is 1. The van der Waals surface area contributed by atoms with Crippen molar-refractivity contribution in [1.29, 1.82) is 0 Å². The third-order valence-corrected chi connectivity index (χ3v) is 13.5. The minimum Gasteiger partial charge on any atom is -0.374 e. The van der Waals surface area contributed by atoms with E-state index in [1.165, 1.54) is 36.4 Å². The minimum atomic E-state index is -4.49. The fourth-order valence-corrected chi connectivity index (χ4v) is 9.28. The van der Waals surface area contributed by atoms with Gasteiger partial charge in [0.05, 0.1) is 39.9 Å². The molecule has 0 aromatic heterocycles. The predicted molar refractivity (Wildman–Crippen MR) is 241 cm³/mol. The van der Waals surface area contributed by atoms with Crippen molar-refractivity contribution >= 4 is 60.8 Å². The van der Waals surface area contributed by atoms with E-state index in [0.29, 0.717) is 48.5 Å². The minimum absolute atomic E-state index is 0.00437. The number of carbonyl (C=O) groups is 3. The van der Waals surface area contributed by atoms with Crippen molar-refractivity contribution in [2.24, 2.45) is 0 Å². The van der Waals surface area contributed by atoms with Crippen molar-refractivity contribution in [2.75, 3.05) is 37.8 Å². The zero-order chi connectivity index (χ0) is 48.0. The maximum absolute atomic E-state index is 12.4. The molecule has 3 aromatic rings. The lowest BCUT2D eigenvalue weighted by molar-refractivity contribution is -0.442. The summed E-state index contributed by atoms with van der Waals surface area (Å²) in [5, 5.41) is 11.5. The second kappa shape index (κ2) is 20.3. The Morgan fingerprint density at radius 2 is 1.44 bits per heavy atom. The second-order valence-electron chi connectivity index (χ2n) is 17.0. The molecular formula is C46H53N4O14S2+. The van der Waals surface area contributed by atoms with Crippen LogP contribution in [0.25, 0.3) is 0 Å². The van der Waals surface area contributed by atoms with E-state index >= 15 is 0 Å². The lowest BCUT2D eigenvalue weighted by Crippen LogP contribution is -2.32. The van der Waals surface area contributed by atoms with Crippen LogP contribution >= 0.6 is 0 Å². The average Bonchev–Trinajstić information content (AvgIpc) is 3.76. The van der Waals surface area contributed by atoms with Gasteiger partial charge in [-0.15, -0.1) is 5.06 Å². The van der Waals surface area contributed by atoms with E-state index in [4.69, 9.17) is 14.3 Å². The Kier molecular flexibility index (Phi) is 15.2. The molecule has 0 aliphatic carbocycles. The largest absolute Gasteiger partial charge is 0.374 e. The van der Waals surface area contributed by atoms with E-state index in [-0.39, 0.29) is 61.2 Å². The molecule has 2 amide bonds. The number of nitro benzene ring substituents is 1. The van der Waals surface area contributed by atoms with Gasteiger partial charge in [-0.1, -0.05) is 38.5 Å². The number of non-ortho nitro benzene ring substituents is 1. The average molecular weight is 950 g/mol. The van der Waals surface area contributed by atoms with Crippen molar-refractivity contribution in [2.45, 2.75) is 93.4 Å². The first-order valence-corrected chi connectivity index (χ1v) is 24.2. The van der Waals surface area contributed by atoms with Crippen LogP contribution in [-0.4, -0.2) is 96.9 Å². The van der Waals surface area contributed by atoms with Crippen LogP contribution in [0.2, 0.25) is 0 Å². The highest BCUT2D eigenvalue weighted by Gasteiger charge is 2.45. The number of benzene rings is 3. The van der Waals surface area contributed by atoms with Gasteiger partial charge in [-0.05, 0) is 86.4 Å². The molecule has 3 aliphatic rings. The highest BCUT2D eigenvalue weighted by molar-refractivity contribution is 7.86. The third kappa shape index (κ3) is 11.4. The second-order valence-corrected chi connectivity index (χ2v) is 19.8. The fraction of sp³-hybridized carbons (Fsp3) is 0.391. The van der Waals surface area contributed by atoms with Gasteiger partial charge in [-0.25, -0.2) is 4.79 Å². The summed E-state index contributed by atoms with van der Waals surface area (Å²) in [5.74, 6) is -1.77. The normalized spacial score (nSPS) is 17.5. The summed E-state index contributed by atoms with van der Waals surface area (Å²) in [6.45, 7) is 9.78. The molecule has 1 fully saturated rings. The number of hydrogen-bond donors (Lipinski definition) is 2. The quantitative estimate of drug-likeness (QED) is 0.0216. The molecule has 0 unspecified atom stereocenters. The van der Waals surface area contributed by atoms with Crippen LogP contribution in [-0.2, 0) is 66.4 Å². The van der Waals surface area contributed by atoms with Crippen LogP contribution in [0.5, 0.6) is 0 Å². The lowest BCUT2D eigenvalue weighted by Gasteiger charge is -2.27. The van der Waals surface area contributed by atoms with Gasteiger partial charge in [-0.2, -0.15) is 21.4 Å². The van der Waals surface area contributed by atoms with Crippen LogP contribution in [0.3, 0.4) is 0 Å². The van der Waals surface area contributed by atoms with E-state index < -0.39 is 53.8 Å². The number of fused-ring (bicyclic) bond motifs is 2. The molecule has 1 saturated heterocycles. The van der Waals surface area contributed by atoms with Crippen LogP contribution in [0, 0.1) is 10.1 Å². The Bertz CT molecular complexity index is 2730. The van der Waals surface area contributed by atoms with Crippen molar-refractivity contribution in [3.63, 3.8) is 0 Å². The molecular weight excluding hydrogens is 897 g/mol. The molecule has 0 spiro atoms. The Hall–Kier alpha value is -5.90. The SMILES string of the molecule is CC1(C)C(/C=C/C=C/C=C2/N(CCCCCC(=O)ON3C(=O)CCC3=O)c3ccc(S(=O)(=O)O)cc3C2(C)C)=[N+](CCOCCOCc2ccc([N+](=O)[O-])cc2)c2ccc(S(=O)(=O)O)cc21. The first kappa shape index (κ1) is 49.5. The molecule has 3 aromatic carbocycles. The van der Waals surface area contributed by atoms with E-state index in [0.717, 1.165) is 28.3 Å². The van der Waals surface area contributed by atoms with Crippen molar-refractivity contribution in [3.05, 3.63) is 124 Å².